The van der Waals surface area contributed by atoms with Gasteiger partial charge in [0.1, 0.15) is 12.4 Å². The molecule has 4 nitrogen and oxygen atoms in total. The van der Waals surface area contributed by atoms with Gasteiger partial charge >= 0.3 is 0 Å². The van der Waals surface area contributed by atoms with Crippen LogP contribution in [0.5, 0.6) is 5.75 Å². The number of aromatic nitrogens is 1. The summed E-state index contributed by atoms with van der Waals surface area (Å²) < 4.78 is 6.18. The molecule has 1 atom stereocenters. The molecule has 0 amide bonds. The van der Waals surface area contributed by atoms with Gasteiger partial charge in [-0.3, -0.25) is 9.88 Å². The van der Waals surface area contributed by atoms with E-state index < -0.39 is 0 Å². The first-order chi connectivity index (χ1) is 12.7. The van der Waals surface area contributed by atoms with Crippen molar-refractivity contribution >= 4 is 0 Å². The van der Waals surface area contributed by atoms with E-state index in [0.717, 1.165) is 37.6 Å². The number of pyridine rings is 1. The van der Waals surface area contributed by atoms with Crippen LogP contribution in [0, 0.1) is 13.8 Å². The van der Waals surface area contributed by atoms with Crippen LogP contribution in [0.4, 0.5) is 0 Å². The van der Waals surface area contributed by atoms with Gasteiger partial charge in [-0.25, -0.2) is 0 Å². The Hall–Kier alpha value is -1.91. The average Bonchev–Trinajstić information content (AvgIpc) is 2.93. The molecule has 0 bridgehead atoms. The number of para-hydroxylation sites is 1. The normalized spacial score (nSPS) is 17.9. The van der Waals surface area contributed by atoms with Gasteiger partial charge in [-0.1, -0.05) is 24.3 Å². The summed E-state index contributed by atoms with van der Waals surface area (Å²) in [6.45, 7) is 8.99. The summed E-state index contributed by atoms with van der Waals surface area (Å²) >= 11 is 0. The Morgan fingerprint density at radius 2 is 1.92 bits per heavy atom. The molecule has 26 heavy (non-hydrogen) atoms. The van der Waals surface area contributed by atoms with Crippen LogP contribution < -0.4 is 10.1 Å². The van der Waals surface area contributed by atoms with E-state index in [-0.39, 0.29) is 0 Å². The van der Waals surface area contributed by atoms with Crippen molar-refractivity contribution < 1.29 is 4.74 Å². The van der Waals surface area contributed by atoms with Crippen molar-refractivity contribution in [2.75, 3.05) is 26.2 Å². The van der Waals surface area contributed by atoms with Crippen molar-refractivity contribution in [1.82, 2.24) is 15.2 Å². The molecule has 1 aromatic carbocycles. The number of aryl methyl sites for hydroxylation is 2. The highest BCUT2D eigenvalue weighted by molar-refractivity contribution is 5.39. The monoisotopic (exact) mass is 353 g/mol. The third-order valence-corrected chi connectivity index (χ3v) is 5.19. The van der Waals surface area contributed by atoms with Crippen LogP contribution in [-0.2, 0) is 6.54 Å². The highest BCUT2D eigenvalue weighted by Gasteiger charge is 2.20. The molecule has 0 saturated carbocycles. The lowest BCUT2D eigenvalue weighted by atomic mass is 10.1. The second-order valence-electron chi connectivity index (χ2n) is 7.20. The van der Waals surface area contributed by atoms with Crippen molar-refractivity contribution in [1.29, 1.82) is 0 Å². The quantitative estimate of drug-likeness (QED) is 0.823. The number of hydrogen-bond acceptors (Lipinski definition) is 4. The number of hydrogen-bond donors (Lipinski definition) is 1. The lowest BCUT2D eigenvalue weighted by Crippen LogP contribution is -2.38. The van der Waals surface area contributed by atoms with Crippen LogP contribution in [0.25, 0.3) is 0 Å². The highest BCUT2D eigenvalue weighted by Crippen LogP contribution is 2.23. The fraction of sp³-hybridized carbons (Fsp3) is 0.500. The maximum atomic E-state index is 6.18. The highest BCUT2D eigenvalue weighted by atomic mass is 16.5. The molecule has 1 saturated heterocycles. The smallest absolute Gasteiger partial charge is 0.125 e. The van der Waals surface area contributed by atoms with E-state index in [4.69, 9.17) is 4.74 Å². The van der Waals surface area contributed by atoms with Crippen molar-refractivity contribution in [3.8, 4) is 5.75 Å². The first-order valence-electron chi connectivity index (χ1n) is 9.78. The number of ether oxygens (including phenoxy) is 1. The molecule has 4 heteroatoms. The topological polar surface area (TPSA) is 37.4 Å². The summed E-state index contributed by atoms with van der Waals surface area (Å²) in [5, 5.41) is 3.52. The molecule has 0 radical (unpaired) electrons. The molecule has 140 valence electrons. The molecular weight excluding hydrogens is 322 g/mol. The van der Waals surface area contributed by atoms with E-state index in [1.165, 1.54) is 30.4 Å². The molecule has 1 N–H and O–H groups in total. The molecule has 0 spiro atoms. The summed E-state index contributed by atoms with van der Waals surface area (Å²) in [5.41, 5.74) is 3.55. The minimum Gasteiger partial charge on any atom is -0.492 e. The summed E-state index contributed by atoms with van der Waals surface area (Å²) in [6.07, 6.45) is 5.55. The maximum Gasteiger partial charge on any atom is 0.125 e. The second-order valence-corrected chi connectivity index (χ2v) is 7.20. The van der Waals surface area contributed by atoms with E-state index in [2.05, 4.69) is 59.4 Å². The minimum atomic E-state index is 0.591. The lowest BCUT2D eigenvalue weighted by Gasteiger charge is -2.31. The molecular formula is C22H31N3O. The third-order valence-electron chi connectivity index (χ3n) is 5.19. The van der Waals surface area contributed by atoms with Gasteiger partial charge in [0.25, 0.3) is 0 Å². The zero-order valence-corrected chi connectivity index (χ0v) is 16.1. The Bertz CT molecular complexity index is 646. The summed E-state index contributed by atoms with van der Waals surface area (Å²) in [4.78, 5) is 7.09. The lowest BCUT2D eigenvalue weighted by molar-refractivity contribution is 0.139. The molecule has 1 unspecified atom stereocenters. The summed E-state index contributed by atoms with van der Waals surface area (Å²) in [7, 11) is 0. The Morgan fingerprint density at radius 3 is 2.69 bits per heavy atom. The average molecular weight is 354 g/mol. The minimum absolute atomic E-state index is 0.591. The molecule has 1 fully saturated rings. The number of benzene rings is 1. The maximum absolute atomic E-state index is 6.18. The Labute approximate surface area is 157 Å². The Kier molecular flexibility index (Phi) is 7.04. The molecule has 1 aliphatic rings. The van der Waals surface area contributed by atoms with Gasteiger partial charge in [-0.05, 0) is 69.5 Å². The molecule has 3 rings (SSSR count). The SMILES string of the molecule is Cc1cccc(C)c1OCCN(Cc1ccccn1)C1CCCNCC1. The zero-order chi connectivity index (χ0) is 18.2. The first kappa shape index (κ1) is 18.9. The van der Waals surface area contributed by atoms with Crippen LogP contribution in [-0.4, -0.2) is 42.2 Å². The van der Waals surface area contributed by atoms with Gasteiger partial charge in [-0.15, -0.1) is 0 Å². The molecule has 0 aliphatic carbocycles. The largest absolute Gasteiger partial charge is 0.492 e. The van der Waals surface area contributed by atoms with Crippen LogP contribution in [0.2, 0.25) is 0 Å². The molecule has 2 heterocycles. The van der Waals surface area contributed by atoms with Gasteiger partial charge in [0.15, 0.2) is 0 Å². The van der Waals surface area contributed by atoms with Crippen LogP contribution in [0.3, 0.4) is 0 Å². The molecule has 1 aromatic heterocycles. The van der Waals surface area contributed by atoms with Gasteiger partial charge in [0.05, 0.1) is 5.69 Å². The number of nitrogens with one attached hydrogen (secondary N) is 1. The standard InChI is InChI=1S/C22H31N3O/c1-18-7-5-8-19(2)22(18)26-16-15-25(17-20-9-3-4-13-24-20)21-10-6-12-23-14-11-21/h3-5,7-9,13,21,23H,6,10-12,14-17H2,1-2H3. The van der Waals surface area contributed by atoms with E-state index in [1.54, 1.807) is 0 Å². The summed E-state index contributed by atoms with van der Waals surface area (Å²) in [5.74, 6) is 1.04. The summed E-state index contributed by atoms with van der Waals surface area (Å²) in [6, 6.07) is 13.1. The van der Waals surface area contributed by atoms with Crippen molar-refractivity contribution in [3.63, 3.8) is 0 Å². The molecule has 2 aromatic rings. The second kappa shape index (κ2) is 9.70. The first-order valence-corrected chi connectivity index (χ1v) is 9.78. The van der Waals surface area contributed by atoms with E-state index in [9.17, 15) is 0 Å². The van der Waals surface area contributed by atoms with Crippen LogP contribution >= 0.6 is 0 Å². The van der Waals surface area contributed by atoms with E-state index in [0.29, 0.717) is 12.6 Å². The van der Waals surface area contributed by atoms with Gasteiger partial charge < -0.3 is 10.1 Å². The van der Waals surface area contributed by atoms with Crippen LogP contribution in [0.1, 0.15) is 36.1 Å². The fourth-order valence-electron chi connectivity index (χ4n) is 3.75. The van der Waals surface area contributed by atoms with Crippen molar-refractivity contribution in [2.24, 2.45) is 0 Å². The predicted molar refractivity (Wildman–Crippen MR) is 107 cm³/mol. The van der Waals surface area contributed by atoms with Crippen molar-refractivity contribution in [2.45, 2.75) is 45.7 Å². The van der Waals surface area contributed by atoms with Gasteiger partial charge in [-0.2, -0.15) is 0 Å². The van der Waals surface area contributed by atoms with Gasteiger partial charge in [0.2, 0.25) is 0 Å². The Balaban J connectivity index is 1.64. The van der Waals surface area contributed by atoms with E-state index >= 15 is 0 Å². The predicted octanol–water partition coefficient (Wildman–Crippen LogP) is 3.72. The molecule has 1 aliphatic heterocycles. The number of rotatable bonds is 7. The fourth-order valence-corrected chi connectivity index (χ4v) is 3.75. The third kappa shape index (κ3) is 5.29. The number of nitrogens with zero attached hydrogens (tertiary/aromatic N) is 2. The Morgan fingerprint density at radius 1 is 1.08 bits per heavy atom. The van der Waals surface area contributed by atoms with Crippen molar-refractivity contribution in [3.05, 3.63) is 59.4 Å². The van der Waals surface area contributed by atoms with Crippen LogP contribution in [0.15, 0.2) is 42.6 Å². The van der Waals surface area contributed by atoms with E-state index in [1.807, 2.05) is 12.3 Å². The zero-order valence-electron chi connectivity index (χ0n) is 16.1. The van der Waals surface area contributed by atoms with Gasteiger partial charge in [0, 0.05) is 25.3 Å².